The van der Waals surface area contributed by atoms with Crippen LogP contribution >= 0.6 is 0 Å². The molecule has 1 aromatic carbocycles. The summed E-state index contributed by atoms with van der Waals surface area (Å²) in [6.07, 6.45) is 3.75. The van der Waals surface area contributed by atoms with Gasteiger partial charge in [-0.2, -0.15) is 0 Å². The Morgan fingerprint density at radius 3 is 1.85 bits per heavy atom. The quantitative estimate of drug-likeness (QED) is 0.152. The molecule has 0 aliphatic carbocycles. The molecule has 1 fully saturated rings. The molecule has 5 rings (SSSR count). The Kier molecular flexibility index (Phi) is 12.5. The van der Waals surface area contributed by atoms with E-state index >= 15 is 0 Å². The number of pyridine rings is 3. The third-order valence-corrected chi connectivity index (χ3v) is 7.71. The van der Waals surface area contributed by atoms with Gasteiger partial charge >= 0.3 is 0 Å². The standard InChI is InChI=1S/C35H41N7O5/c43-31-20-32(35(46)47-25-31)40-33(44)19-26-10-12-27(13-11-26)39-34(45)24-42(23-30-9-3-6-16-38-30)18-17-41(21-28-7-1-4-14-36-28)22-29-8-2-5-15-37-29/h1-16,31-32,35,43,46H,17-25H2,(H,39,45)(H,40,44)/t31-,32+,35?/m0/s1. The zero-order chi connectivity index (χ0) is 32.8. The number of ether oxygens (including phenoxy) is 1. The largest absolute Gasteiger partial charge is 0.391 e. The van der Waals surface area contributed by atoms with Crippen molar-refractivity contribution >= 4 is 17.5 Å². The highest BCUT2D eigenvalue weighted by Crippen LogP contribution is 2.15. The van der Waals surface area contributed by atoms with Crippen molar-refractivity contribution in [2.45, 2.75) is 50.9 Å². The van der Waals surface area contributed by atoms with Gasteiger partial charge in [-0.25, -0.2) is 0 Å². The van der Waals surface area contributed by atoms with Crippen molar-refractivity contribution in [2.24, 2.45) is 0 Å². The van der Waals surface area contributed by atoms with Crippen LogP contribution in [0.5, 0.6) is 0 Å². The molecule has 12 nitrogen and oxygen atoms in total. The lowest BCUT2D eigenvalue weighted by Crippen LogP contribution is -2.51. The zero-order valence-corrected chi connectivity index (χ0v) is 26.2. The second-order valence-electron chi connectivity index (χ2n) is 11.6. The van der Waals surface area contributed by atoms with Gasteiger partial charge in [-0.05, 0) is 54.1 Å². The molecule has 0 saturated carbocycles. The Labute approximate surface area is 274 Å². The average Bonchev–Trinajstić information content (AvgIpc) is 3.07. The lowest BCUT2D eigenvalue weighted by Gasteiger charge is -2.31. The molecule has 1 aliphatic rings. The van der Waals surface area contributed by atoms with Gasteiger partial charge in [0.05, 0.1) is 48.8 Å². The predicted octanol–water partition coefficient (Wildman–Crippen LogP) is 2.14. The fourth-order valence-corrected chi connectivity index (χ4v) is 5.36. The fraction of sp³-hybridized carbons (Fsp3) is 0.343. The molecule has 0 spiro atoms. The van der Waals surface area contributed by atoms with Crippen LogP contribution < -0.4 is 10.6 Å². The van der Waals surface area contributed by atoms with Crippen LogP contribution in [0.2, 0.25) is 0 Å². The number of carbonyl (C=O) groups excluding carboxylic acids is 2. The van der Waals surface area contributed by atoms with E-state index in [1.807, 2.05) is 54.6 Å². The molecule has 1 unspecified atom stereocenters. The first-order chi connectivity index (χ1) is 22.9. The van der Waals surface area contributed by atoms with Crippen molar-refractivity contribution < 1.29 is 24.5 Å². The van der Waals surface area contributed by atoms with Gasteiger partial charge in [0.15, 0.2) is 6.29 Å². The lowest BCUT2D eigenvalue weighted by atomic mass is 10.1. The van der Waals surface area contributed by atoms with Gasteiger partial charge in [-0.1, -0.05) is 30.3 Å². The molecule has 3 atom stereocenters. The second kappa shape index (κ2) is 17.4. The Bertz CT molecular complexity index is 1490. The second-order valence-corrected chi connectivity index (χ2v) is 11.6. The molecule has 246 valence electrons. The van der Waals surface area contributed by atoms with Gasteiger partial charge in [-0.3, -0.25) is 34.3 Å². The number of nitrogens with zero attached hydrogens (tertiary/aromatic N) is 5. The van der Waals surface area contributed by atoms with Crippen LogP contribution in [0, 0.1) is 0 Å². The molecule has 1 saturated heterocycles. The van der Waals surface area contributed by atoms with Crippen molar-refractivity contribution in [1.29, 1.82) is 0 Å². The number of carbonyl (C=O) groups is 2. The monoisotopic (exact) mass is 639 g/mol. The maximum atomic E-state index is 13.3. The minimum atomic E-state index is -1.15. The van der Waals surface area contributed by atoms with Gasteiger partial charge in [0.2, 0.25) is 11.8 Å². The molecular formula is C35H41N7O5. The van der Waals surface area contributed by atoms with Crippen LogP contribution in [0.1, 0.15) is 29.1 Å². The maximum absolute atomic E-state index is 13.3. The number of amides is 2. The van der Waals surface area contributed by atoms with E-state index in [0.29, 0.717) is 38.4 Å². The van der Waals surface area contributed by atoms with Crippen LogP contribution in [-0.2, 0) is 40.4 Å². The fourth-order valence-electron chi connectivity index (χ4n) is 5.36. The van der Waals surface area contributed by atoms with E-state index in [1.165, 1.54) is 0 Å². The van der Waals surface area contributed by atoms with Crippen LogP contribution in [0.3, 0.4) is 0 Å². The zero-order valence-electron chi connectivity index (χ0n) is 26.2. The van der Waals surface area contributed by atoms with Crippen molar-refractivity contribution in [2.75, 3.05) is 31.6 Å². The van der Waals surface area contributed by atoms with Crippen LogP contribution in [0.25, 0.3) is 0 Å². The van der Waals surface area contributed by atoms with Crippen molar-refractivity contribution in [3.05, 3.63) is 120 Å². The number of nitrogens with one attached hydrogen (secondary N) is 2. The normalized spacial score (nSPS) is 17.8. The first kappa shape index (κ1) is 33.8. The summed E-state index contributed by atoms with van der Waals surface area (Å²) in [6.45, 7) is 3.26. The minimum Gasteiger partial charge on any atom is -0.391 e. The lowest BCUT2D eigenvalue weighted by molar-refractivity contribution is -0.175. The number of rotatable bonds is 15. The predicted molar refractivity (Wildman–Crippen MR) is 175 cm³/mol. The Hall–Kier alpha value is -4.59. The van der Waals surface area contributed by atoms with Gasteiger partial charge in [0.25, 0.3) is 0 Å². The van der Waals surface area contributed by atoms with E-state index in [-0.39, 0.29) is 37.8 Å². The Balaban J connectivity index is 1.18. The van der Waals surface area contributed by atoms with Crippen LogP contribution in [-0.4, -0.2) is 91.5 Å². The Morgan fingerprint density at radius 2 is 1.30 bits per heavy atom. The van der Waals surface area contributed by atoms with Gasteiger partial charge < -0.3 is 25.6 Å². The van der Waals surface area contributed by atoms with E-state index in [2.05, 4.69) is 35.4 Å². The third kappa shape index (κ3) is 11.3. The van der Waals surface area contributed by atoms with E-state index < -0.39 is 18.4 Å². The van der Waals surface area contributed by atoms with E-state index in [1.54, 1.807) is 42.9 Å². The molecule has 4 aromatic rings. The molecule has 12 heteroatoms. The molecule has 1 aliphatic heterocycles. The maximum Gasteiger partial charge on any atom is 0.238 e. The van der Waals surface area contributed by atoms with E-state index in [9.17, 15) is 19.8 Å². The number of anilines is 1. The van der Waals surface area contributed by atoms with Crippen molar-refractivity contribution in [3.8, 4) is 0 Å². The summed E-state index contributed by atoms with van der Waals surface area (Å²) in [4.78, 5) is 43.6. The summed E-state index contributed by atoms with van der Waals surface area (Å²) < 4.78 is 5.08. The van der Waals surface area contributed by atoms with Gasteiger partial charge in [0, 0.05) is 63.4 Å². The molecule has 0 radical (unpaired) electrons. The third-order valence-electron chi connectivity index (χ3n) is 7.71. The molecule has 4 heterocycles. The molecule has 2 amide bonds. The summed E-state index contributed by atoms with van der Waals surface area (Å²) in [5.41, 5.74) is 4.13. The summed E-state index contributed by atoms with van der Waals surface area (Å²) in [6, 6.07) is 23.9. The minimum absolute atomic E-state index is 0.0397. The number of hydrogen-bond donors (Lipinski definition) is 4. The summed E-state index contributed by atoms with van der Waals surface area (Å²) in [5, 5.41) is 25.4. The van der Waals surface area contributed by atoms with Crippen LogP contribution in [0.15, 0.2) is 97.5 Å². The first-order valence-electron chi connectivity index (χ1n) is 15.7. The molecule has 47 heavy (non-hydrogen) atoms. The Morgan fingerprint density at radius 1 is 0.745 bits per heavy atom. The summed E-state index contributed by atoms with van der Waals surface area (Å²) in [7, 11) is 0. The van der Waals surface area contributed by atoms with Gasteiger partial charge in [0.1, 0.15) is 0 Å². The molecular weight excluding hydrogens is 598 g/mol. The average molecular weight is 640 g/mol. The number of aliphatic hydroxyl groups excluding tert-OH is 2. The number of benzene rings is 1. The van der Waals surface area contributed by atoms with Crippen molar-refractivity contribution in [1.82, 2.24) is 30.1 Å². The smallest absolute Gasteiger partial charge is 0.238 e. The van der Waals surface area contributed by atoms with Crippen LogP contribution in [0.4, 0.5) is 5.69 Å². The summed E-state index contributed by atoms with van der Waals surface area (Å²) in [5.74, 6) is -0.467. The highest BCUT2D eigenvalue weighted by molar-refractivity contribution is 5.92. The molecule has 4 N–H and O–H groups in total. The first-order valence-corrected chi connectivity index (χ1v) is 15.7. The highest BCUT2D eigenvalue weighted by atomic mass is 16.6. The number of hydrogen-bond acceptors (Lipinski definition) is 10. The molecule has 3 aromatic heterocycles. The van der Waals surface area contributed by atoms with Gasteiger partial charge in [-0.15, -0.1) is 0 Å². The van der Waals surface area contributed by atoms with Crippen molar-refractivity contribution in [3.63, 3.8) is 0 Å². The number of aliphatic hydroxyl groups is 2. The topological polar surface area (TPSA) is 153 Å². The molecule has 0 bridgehead atoms. The highest BCUT2D eigenvalue weighted by Gasteiger charge is 2.30. The number of aromatic nitrogens is 3. The SMILES string of the molecule is O=C(CN(CCN(Cc1ccccn1)Cc1ccccn1)Cc1ccccn1)Nc1ccc(CC(=O)N[C@@H]2C[C@H](O)COC2O)cc1. The van der Waals surface area contributed by atoms with E-state index in [0.717, 1.165) is 22.6 Å². The van der Waals surface area contributed by atoms with E-state index in [4.69, 9.17) is 4.74 Å². The summed E-state index contributed by atoms with van der Waals surface area (Å²) >= 11 is 0.